The van der Waals surface area contributed by atoms with E-state index in [-0.39, 0.29) is 0 Å². The average Bonchev–Trinajstić information content (AvgIpc) is 2.52. The molecule has 0 saturated heterocycles. The Kier molecular flexibility index (Phi) is 6.66. The van der Waals surface area contributed by atoms with E-state index in [1.54, 1.807) is 7.05 Å². The van der Waals surface area contributed by atoms with Gasteiger partial charge in [0.2, 0.25) is 0 Å². The van der Waals surface area contributed by atoms with Crippen LogP contribution in [0.4, 0.5) is 5.69 Å². The molecular formula is C16H19IN2OS. The summed E-state index contributed by atoms with van der Waals surface area (Å²) in [5.74, 6) is 0.642. The van der Waals surface area contributed by atoms with Crippen LogP contribution in [0.1, 0.15) is 11.1 Å². The summed E-state index contributed by atoms with van der Waals surface area (Å²) in [6.07, 6.45) is 0.822. The van der Waals surface area contributed by atoms with Crippen molar-refractivity contribution in [3.63, 3.8) is 0 Å². The van der Waals surface area contributed by atoms with Gasteiger partial charge in [0.15, 0.2) is 0 Å². The second kappa shape index (κ2) is 8.51. The lowest BCUT2D eigenvalue weighted by Gasteiger charge is -2.10. The Bertz CT molecular complexity index is 604. The molecule has 0 spiro atoms. The van der Waals surface area contributed by atoms with Gasteiger partial charge in [0.25, 0.3) is 0 Å². The average molecular weight is 414 g/mol. The second-order valence-electron chi connectivity index (χ2n) is 4.66. The Labute approximate surface area is 142 Å². The van der Waals surface area contributed by atoms with Crippen molar-refractivity contribution in [1.29, 1.82) is 0 Å². The van der Waals surface area contributed by atoms with Crippen LogP contribution < -0.4 is 10.0 Å². The lowest BCUT2D eigenvalue weighted by atomic mass is 10.1. The molecule has 2 aromatic carbocycles. The molecule has 0 saturated carbocycles. The molecule has 1 unspecified atom stereocenters. The molecule has 0 aromatic heterocycles. The Morgan fingerprint density at radius 1 is 1.10 bits per heavy atom. The van der Waals surface area contributed by atoms with Crippen LogP contribution in [0, 0.1) is 3.57 Å². The van der Waals surface area contributed by atoms with Gasteiger partial charge in [-0.1, -0.05) is 36.4 Å². The molecule has 21 heavy (non-hydrogen) atoms. The third kappa shape index (κ3) is 5.41. The Morgan fingerprint density at radius 2 is 1.86 bits per heavy atom. The lowest BCUT2D eigenvalue weighted by Crippen LogP contribution is -2.15. The van der Waals surface area contributed by atoms with Gasteiger partial charge in [-0.15, -0.1) is 0 Å². The van der Waals surface area contributed by atoms with Crippen molar-refractivity contribution in [2.75, 3.05) is 18.1 Å². The maximum absolute atomic E-state index is 11.4. The van der Waals surface area contributed by atoms with Crippen LogP contribution in [0.15, 0.2) is 48.5 Å². The van der Waals surface area contributed by atoms with E-state index in [2.05, 4.69) is 63.0 Å². The lowest BCUT2D eigenvalue weighted by molar-refractivity contribution is 0.677. The molecule has 3 nitrogen and oxygen atoms in total. The summed E-state index contributed by atoms with van der Waals surface area (Å²) in [7, 11) is 0.783. The molecule has 0 bridgehead atoms. The number of hydrogen-bond donors (Lipinski definition) is 2. The maximum Gasteiger partial charge on any atom is 0.0916 e. The Hall–Kier alpha value is -0.920. The number of halogens is 1. The minimum absolute atomic E-state index is 0.642. The normalized spacial score (nSPS) is 12.1. The van der Waals surface area contributed by atoms with Crippen LogP contribution in [0.25, 0.3) is 0 Å². The minimum Gasteiger partial charge on any atom is -0.380 e. The van der Waals surface area contributed by atoms with Crippen molar-refractivity contribution in [1.82, 2.24) is 4.72 Å². The summed E-state index contributed by atoms with van der Waals surface area (Å²) in [5.41, 5.74) is 3.62. The third-order valence-corrected chi connectivity index (χ3v) is 5.09. The van der Waals surface area contributed by atoms with E-state index in [1.165, 1.54) is 14.7 Å². The van der Waals surface area contributed by atoms with E-state index < -0.39 is 11.0 Å². The monoisotopic (exact) mass is 414 g/mol. The molecular weight excluding hydrogens is 395 g/mol. The fourth-order valence-electron chi connectivity index (χ4n) is 1.96. The topological polar surface area (TPSA) is 41.1 Å². The van der Waals surface area contributed by atoms with Crippen LogP contribution in [-0.4, -0.2) is 17.0 Å². The van der Waals surface area contributed by atoms with Crippen molar-refractivity contribution >= 4 is 39.3 Å². The molecule has 2 N–H and O–H groups in total. The number of anilines is 1. The zero-order valence-corrected chi connectivity index (χ0v) is 14.9. The van der Waals surface area contributed by atoms with Crippen molar-refractivity contribution in [2.24, 2.45) is 0 Å². The van der Waals surface area contributed by atoms with Crippen LogP contribution in [-0.2, 0) is 24.0 Å². The first-order valence-corrected chi connectivity index (χ1v) is 9.21. The zero-order valence-electron chi connectivity index (χ0n) is 11.9. The predicted molar refractivity (Wildman–Crippen MR) is 98.7 cm³/mol. The Balaban J connectivity index is 1.94. The summed E-state index contributed by atoms with van der Waals surface area (Å²) in [6.45, 7) is 0.819. The van der Waals surface area contributed by atoms with E-state index in [4.69, 9.17) is 0 Å². The van der Waals surface area contributed by atoms with E-state index in [0.29, 0.717) is 5.75 Å². The van der Waals surface area contributed by atoms with Gasteiger partial charge < -0.3 is 5.32 Å². The van der Waals surface area contributed by atoms with Gasteiger partial charge in [0, 0.05) is 21.6 Å². The highest BCUT2D eigenvalue weighted by Gasteiger charge is 2.03. The van der Waals surface area contributed by atoms with Gasteiger partial charge in [-0.2, -0.15) is 0 Å². The SMILES string of the molecule is CNS(=O)CCc1ccc(NCc2ccccc2)c(I)c1. The third-order valence-electron chi connectivity index (χ3n) is 3.16. The van der Waals surface area contributed by atoms with Gasteiger partial charge in [0.1, 0.15) is 0 Å². The van der Waals surface area contributed by atoms with Gasteiger partial charge in [-0.05, 0) is 59.3 Å². The standard InChI is InChI=1S/C16H19IN2OS/c1-18-21(20)10-9-13-7-8-16(15(17)11-13)19-12-14-5-3-2-4-6-14/h2-8,11,18-19H,9-10,12H2,1H3. The number of hydrogen-bond acceptors (Lipinski definition) is 2. The Morgan fingerprint density at radius 3 is 2.52 bits per heavy atom. The van der Waals surface area contributed by atoms with E-state index >= 15 is 0 Å². The fraction of sp³-hybridized carbons (Fsp3) is 0.250. The van der Waals surface area contributed by atoms with Crippen molar-refractivity contribution < 1.29 is 4.21 Å². The first-order chi connectivity index (χ1) is 10.2. The molecule has 112 valence electrons. The minimum atomic E-state index is -0.936. The predicted octanol–water partition coefficient (Wildman–Crippen LogP) is 3.33. The molecule has 2 aromatic rings. The summed E-state index contributed by atoms with van der Waals surface area (Å²) in [6, 6.07) is 16.7. The van der Waals surface area contributed by atoms with E-state index in [1.807, 2.05) is 18.2 Å². The van der Waals surface area contributed by atoms with Gasteiger partial charge in [-0.25, -0.2) is 8.93 Å². The number of nitrogens with one attached hydrogen (secondary N) is 2. The number of aryl methyl sites for hydroxylation is 1. The summed E-state index contributed by atoms with van der Waals surface area (Å²) in [5, 5.41) is 3.45. The molecule has 5 heteroatoms. The van der Waals surface area contributed by atoms with Crippen LogP contribution in [0.5, 0.6) is 0 Å². The smallest absolute Gasteiger partial charge is 0.0916 e. The molecule has 0 aliphatic heterocycles. The summed E-state index contributed by atoms with van der Waals surface area (Å²) < 4.78 is 15.3. The van der Waals surface area contributed by atoms with Crippen molar-refractivity contribution in [3.05, 3.63) is 63.2 Å². The van der Waals surface area contributed by atoms with Gasteiger partial charge >= 0.3 is 0 Å². The van der Waals surface area contributed by atoms with Gasteiger partial charge in [0.05, 0.1) is 11.0 Å². The quantitative estimate of drug-likeness (QED) is 0.683. The summed E-state index contributed by atoms with van der Waals surface area (Å²) >= 11 is 2.34. The highest BCUT2D eigenvalue weighted by molar-refractivity contribution is 14.1. The molecule has 2 rings (SSSR count). The summed E-state index contributed by atoms with van der Waals surface area (Å²) in [4.78, 5) is 0. The molecule has 1 atom stereocenters. The molecule has 0 amide bonds. The fourth-order valence-corrected chi connectivity index (χ4v) is 3.36. The van der Waals surface area contributed by atoms with Crippen LogP contribution in [0.2, 0.25) is 0 Å². The number of benzene rings is 2. The van der Waals surface area contributed by atoms with Crippen LogP contribution in [0.3, 0.4) is 0 Å². The highest BCUT2D eigenvalue weighted by Crippen LogP contribution is 2.21. The first kappa shape index (κ1) is 16.5. The van der Waals surface area contributed by atoms with E-state index in [0.717, 1.165) is 18.7 Å². The number of rotatable bonds is 7. The van der Waals surface area contributed by atoms with Crippen molar-refractivity contribution in [3.8, 4) is 0 Å². The second-order valence-corrected chi connectivity index (χ2v) is 7.33. The largest absolute Gasteiger partial charge is 0.380 e. The zero-order chi connectivity index (χ0) is 15.1. The van der Waals surface area contributed by atoms with Crippen LogP contribution >= 0.6 is 22.6 Å². The first-order valence-electron chi connectivity index (χ1n) is 6.81. The molecule has 0 radical (unpaired) electrons. The molecule has 0 aliphatic rings. The molecule has 0 aliphatic carbocycles. The maximum atomic E-state index is 11.4. The molecule has 0 heterocycles. The van der Waals surface area contributed by atoms with E-state index in [9.17, 15) is 4.21 Å². The molecule has 0 fully saturated rings. The van der Waals surface area contributed by atoms with Gasteiger partial charge in [-0.3, -0.25) is 0 Å². The van der Waals surface area contributed by atoms with Crippen molar-refractivity contribution in [2.45, 2.75) is 13.0 Å². The highest BCUT2D eigenvalue weighted by atomic mass is 127.